The van der Waals surface area contributed by atoms with Gasteiger partial charge in [0.25, 0.3) is 0 Å². The summed E-state index contributed by atoms with van der Waals surface area (Å²) in [5.41, 5.74) is 2.92. The second kappa shape index (κ2) is 7.27. The van der Waals surface area contributed by atoms with Crippen LogP contribution in [0, 0.1) is 13.8 Å². The Bertz CT molecular complexity index is 779. The van der Waals surface area contributed by atoms with Crippen molar-refractivity contribution < 1.29 is 9.84 Å². The topological polar surface area (TPSA) is 60.2 Å². The lowest BCUT2D eigenvalue weighted by Gasteiger charge is -2.17. The second-order valence-electron chi connectivity index (χ2n) is 5.80. The van der Waals surface area contributed by atoms with Gasteiger partial charge in [-0.2, -0.15) is 0 Å². The molecule has 1 aromatic carbocycles. The molecule has 0 saturated heterocycles. The Labute approximate surface area is 141 Å². The molecule has 2 heterocycles. The van der Waals surface area contributed by atoms with Crippen LogP contribution in [-0.2, 0) is 6.54 Å². The summed E-state index contributed by atoms with van der Waals surface area (Å²) in [7, 11) is 0. The van der Waals surface area contributed by atoms with Gasteiger partial charge in [-0.3, -0.25) is 4.98 Å². The highest BCUT2D eigenvalue weighted by molar-refractivity contribution is 5.49. The van der Waals surface area contributed by atoms with Crippen LogP contribution < -0.4 is 4.74 Å². The average molecular weight is 323 g/mol. The molecule has 1 N–H and O–H groups in total. The molecule has 0 aliphatic heterocycles. The van der Waals surface area contributed by atoms with Gasteiger partial charge in [-0.25, -0.2) is 4.98 Å². The van der Waals surface area contributed by atoms with E-state index in [-0.39, 0.29) is 6.61 Å². The van der Waals surface area contributed by atoms with Crippen molar-refractivity contribution in [3.63, 3.8) is 0 Å². The molecule has 1 unspecified atom stereocenters. The van der Waals surface area contributed by atoms with Gasteiger partial charge in [-0.15, -0.1) is 0 Å². The Hall–Kier alpha value is -2.66. The molecule has 0 saturated carbocycles. The van der Waals surface area contributed by atoms with Gasteiger partial charge in [0.05, 0.1) is 6.54 Å². The average Bonchev–Trinajstić information content (AvgIpc) is 3.03. The van der Waals surface area contributed by atoms with E-state index in [9.17, 15) is 5.11 Å². The van der Waals surface area contributed by atoms with Crippen LogP contribution in [0.5, 0.6) is 5.75 Å². The van der Waals surface area contributed by atoms with Gasteiger partial charge < -0.3 is 14.4 Å². The summed E-state index contributed by atoms with van der Waals surface area (Å²) in [5.74, 6) is 1.58. The van der Waals surface area contributed by atoms with Gasteiger partial charge in [0, 0.05) is 18.6 Å². The Kier molecular flexibility index (Phi) is 4.91. The lowest BCUT2D eigenvalue weighted by atomic mass is 10.1. The highest BCUT2D eigenvalue weighted by atomic mass is 16.5. The number of imidazole rings is 1. The molecule has 24 heavy (non-hydrogen) atoms. The third-order valence-corrected chi connectivity index (χ3v) is 3.85. The molecule has 0 amide bonds. The van der Waals surface area contributed by atoms with E-state index in [1.807, 2.05) is 61.0 Å². The Morgan fingerprint density at radius 2 is 1.83 bits per heavy atom. The normalized spacial score (nSPS) is 12.1. The molecule has 0 bridgehead atoms. The Balaban J connectivity index is 1.66. The van der Waals surface area contributed by atoms with Crippen LogP contribution in [0.3, 0.4) is 0 Å². The minimum absolute atomic E-state index is 0.228. The monoisotopic (exact) mass is 323 g/mol. The van der Waals surface area contributed by atoms with Crippen molar-refractivity contribution in [2.24, 2.45) is 0 Å². The van der Waals surface area contributed by atoms with Gasteiger partial charge in [0.1, 0.15) is 24.2 Å². The fraction of sp³-hybridized carbons (Fsp3) is 0.263. The number of nitrogens with zero attached hydrogens (tertiary/aromatic N) is 3. The van der Waals surface area contributed by atoms with Crippen LogP contribution >= 0.6 is 0 Å². The molecular formula is C19H21N3O2. The molecule has 2 aromatic heterocycles. The maximum Gasteiger partial charge on any atom is 0.158 e. The van der Waals surface area contributed by atoms with E-state index in [2.05, 4.69) is 9.97 Å². The summed E-state index contributed by atoms with van der Waals surface area (Å²) in [5, 5.41) is 10.3. The zero-order valence-corrected chi connectivity index (χ0v) is 13.9. The van der Waals surface area contributed by atoms with Gasteiger partial charge in [0.15, 0.2) is 5.82 Å². The number of aromatic nitrogens is 3. The van der Waals surface area contributed by atoms with E-state index in [4.69, 9.17) is 4.74 Å². The highest BCUT2D eigenvalue weighted by Gasteiger charge is 2.13. The number of para-hydroxylation sites is 1. The Morgan fingerprint density at radius 1 is 1.04 bits per heavy atom. The number of ether oxygens (including phenoxy) is 1. The van der Waals surface area contributed by atoms with Crippen molar-refractivity contribution in [2.45, 2.75) is 26.5 Å². The first-order chi connectivity index (χ1) is 11.6. The van der Waals surface area contributed by atoms with Gasteiger partial charge in [0.2, 0.25) is 0 Å². The first kappa shape index (κ1) is 16.2. The van der Waals surface area contributed by atoms with Crippen molar-refractivity contribution in [1.29, 1.82) is 0 Å². The quantitative estimate of drug-likeness (QED) is 0.757. The number of rotatable bonds is 6. The predicted molar refractivity (Wildman–Crippen MR) is 92.9 cm³/mol. The van der Waals surface area contributed by atoms with Crippen LogP contribution in [0.2, 0.25) is 0 Å². The highest BCUT2D eigenvalue weighted by Crippen LogP contribution is 2.22. The van der Waals surface area contributed by atoms with Crippen LogP contribution in [0.15, 0.2) is 55.0 Å². The molecule has 0 spiro atoms. The summed E-state index contributed by atoms with van der Waals surface area (Å²) < 4.78 is 7.71. The maximum atomic E-state index is 10.3. The molecule has 124 valence electrons. The largest absolute Gasteiger partial charge is 0.490 e. The third kappa shape index (κ3) is 3.63. The standard InChI is InChI=1S/C19H21N3O2/c1-14-6-5-7-15(2)18(14)24-13-16(23)12-22-11-10-21-19(22)17-8-3-4-9-20-17/h3-11,16,23H,12-13H2,1-2H3. The van der Waals surface area contributed by atoms with E-state index in [0.29, 0.717) is 6.54 Å². The number of aryl methyl sites for hydroxylation is 2. The zero-order valence-electron chi connectivity index (χ0n) is 13.9. The number of benzene rings is 1. The van der Waals surface area contributed by atoms with Gasteiger partial charge in [-0.1, -0.05) is 24.3 Å². The first-order valence-corrected chi connectivity index (χ1v) is 7.95. The molecule has 3 rings (SSSR count). The van der Waals surface area contributed by atoms with E-state index < -0.39 is 6.10 Å². The van der Waals surface area contributed by atoms with Crippen molar-refractivity contribution >= 4 is 0 Å². The third-order valence-electron chi connectivity index (χ3n) is 3.85. The lowest BCUT2D eigenvalue weighted by Crippen LogP contribution is -2.24. The first-order valence-electron chi connectivity index (χ1n) is 7.95. The zero-order chi connectivity index (χ0) is 16.9. The summed E-state index contributed by atoms with van der Waals surface area (Å²) in [6.07, 6.45) is 4.64. The molecular weight excluding hydrogens is 302 g/mol. The molecule has 0 aliphatic carbocycles. The molecule has 5 heteroatoms. The fourth-order valence-electron chi connectivity index (χ4n) is 2.67. The molecule has 0 fully saturated rings. The van der Waals surface area contributed by atoms with Crippen LogP contribution in [0.1, 0.15) is 11.1 Å². The molecule has 0 radical (unpaired) electrons. The van der Waals surface area contributed by atoms with Crippen molar-refractivity contribution in [2.75, 3.05) is 6.61 Å². The van der Waals surface area contributed by atoms with Crippen molar-refractivity contribution in [1.82, 2.24) is 14.5 Å². The number of aliphatic hydroxyl groups excluding tert-OH is 1. The smallest absolute Gasteiger partial charge is 0.158 e. The number of aliphatic hydroxyl groups is 1. The van der Waals surface area contributed by atoms with Crippen LogP contribution in [-0.4, -0.2) is 32.4 Å². The molecule has 3 aromatic rings. The van der Waals surface area contributed by atoms with Crippen LogP contribution in [0.4, 0.5) is 0 Å². The molecule has 0 aliphatic rings. The fourth-order valence-corrected chi connectivity index (χ4v) is 2.67. The van der Waals surface area contributed by atoms with Gasteiger partial charge >= 0.3 is 0 Å². The number of pyridine rings is 1. The van der Waals surface area contributed by atoms with E-state index >= 15 is 0 Å². The van der Waals surface area contributed by atoms with E-state index in [1.54, 1.807) is 12.4 Å². The lowest BCUT2D eigenvalue weighted by molar-refractivity contribution is 0.0922. The second-order valence-corrected chi connectivity index (χ2v) is 5.80. The number of hydrogen-bond donors (Lipinski definition) is 1. The van der Waals surface area contributed by atoms with Crippen LogP contribution in [0.25, 0.3) is 11.5 Å². The summed E-state index contributed by atoms with van der Waals surface area (Å²) in [6.45, 7) is 4.63. The Morgan fingerprint density at radius 3 is 2.54 bits per heavy atom. The summed E-state index contributed by atoms with van der Waals surface area (Å²) >= 11 is 0. The summed E-state index contributed by atoms with van der Waals surface area (Å²) in [4.78, 5) is 8.64. The van der Waals surface area contributed by atoms with E-state index in [0.717, 1.165) is 28.4 Å². The van der Waals surface area contributed by atoms with Crippen molar-refractivity contribution in [3.05, 3.63) is 66.1 Å². The van der Waals surface area contributed by atoms with E-state index in [1.165, 1.54) is 0 Å². The summed E-state index contributed by atoms with van der Waals surface area (Å²) in [6, 6.07) is 11.7. The van der Waals surface area contributed by atoms with Gasteiger partial charge in [-0.05, 0) is 37.1 Å². The molecule has 1 atom stereocenters. The maximum absolute atomic E-state index is 10.3. The minimum atomic E-state index is -0.638. The molecule has 5 nitrogen and oxygen atoms in total. The number of hydrogen-bond acceptors (Lipinski definition) is 4. The minimum Gasteiger partial charge on any atom is -0.490 e. The SMILES string of the molecule is Cc1cccc(C)c1OCC(O)Cn1ccnc1-c1ccccn1. The van der Waals surface area contributed by atoms with Crippen molar-refractivity contribution in [3.8, 4) is 17.3 Å². The predicted octanol–water partition coefficient (Wildman–Crippen LogP) is 3.00.